The molecule has 0 saturated carbocycles. The number of unbranched alkanes of at least 4 members (excludes halogenated alkanes) is 3. The quantitative estimate of drug-likeness (QED) is 0.202. The van der Waals surface area contributed by atoms with Crippen LogP contribution < -0.4 is 9.47 Å². The van der Waals surface area contributed by atoms with Crippen molar-refractivity contribution < 1.29 is 9.47 Å². The van der Waals surface area contributed by atoms with Crippen molar-refractivity contribution in [2.75, 3.05) is 13.2 Å². The Balaban J connectivity index is 1.77. The lowest BCUT2D eigenvalue weighted by atomic mass is 9.97. The number of hydrogen-bond acceptors (Lipinski definition) is 2. The van der Waals surface area contributed by atoms with Gasteiger partial charge in [0.05, 0.1) is 12.0 Å². The Labute approximate surface area is 195 Å². The second-order valence-electron chi connectivity index (χ2n) is 9.09. The molecule has 0 saturated heterocycles. The number of hydrogen-bond donors (Lipinski definition) is 0. The summed E-state index contributed by atoms with van der Waals surface area (Å²) in [5, 5.41) is 0.0429. The van der Waals surface area contributed by atoms with Crippen LogP contribution in [-0.2, 0) is 0 Å². The molecule has 0 amide bonds. The second-order valence-corrected chi connectivity index (χ2v) is 9.65. The Morgan fingerprint density at radius 1 is 0.710 bits per heavy atom. The molecule has 0 bridgehead atoms. The van der Waals surface area contributed by atoms with Crippen molar-refractivity contribution in [2.24, 2.45) is 11.8 Å². The van der Waals surface area contributed by atoms with Crippen LogP contribution in [0.1, 0.15) is 72.6 Å². The molecule has 0 aliphatic carbocycles. The van der Waals surface area contributed by atoms with Crippen molar-refractivity contribution in [1.29, 1.82) is 0 Å². The third-order valence-electron chi connectivity index (χ3n) is 5.78. The highest BCUT2D eigenvalue weighted by atomic mass is 35.5. The molecule has 2 nitrogen and oxygen atoms in total. The number of rotatable bonds is 15. The lowest BCUT2D eigenvalue weighted by molar-refractivity contribution is 0.280. The minimum atomic E-state index is 0.0429. The van der Waals surface area contributed by atoms with E-state index in [2.05, 4.69) is 64.1 Å². The first-order chi connectivity index (χ1) is 15.0. The van der Waals surface area contributed by atoms with E-state index in [1.807, 2.05) is 12.1 Å². The maximum Gasteiger partial charge on any atom is 0.119 e. The molecule has 2 unspecified atom stereocenters. The molecule has 0 N–H and O–H groups in total. The van der Waals surface area contributed by atoms with Gasteiger partial charge in [0.25, 0.3) is 0 Å². The normalized spacial score (nSPS) is 13.2. The van der Waals surface area contributed by atoms with Gasteiger partial charge in [-0.25, -0.2) is 0 Å². The average Bonchev–Trinajstić information content (AvgIpc) is 2.78. The van der Waals surface area contributed by atoms with Crippen LogP contribution in [0, 0.1) is 11.8 Å². The molecule has 2 aromatic rings. The van der Waals surface area contributed by atoms with Crippen LogP contribution in [0.4, 0.5) is 0 Å². The van der Waals surface area contributed by atoms with Gasteiger partial charge in [0.15, 0.2) is 0 Å². The van der Waals surface area contributed by atoms with Crippen LogP contribution in [-0.4, -0.2) is 18.6 Å². The van der Waals surface area contributed by atoms with E-state index in [0.29, 0.717) is 12.5 Å². The maximum absolute atomic E-state index is 6.56. The smallest absolute Gasteiger partial charge is 0.119 e. The van der Waals surface area contributed by atoms with Gasteiger partial charge in [0.1, 0.15) is 18.1 Å². The van der Waals surface area contributed by atoms with Gasteiger partial charge in [-0.05, 0) is 60.1 Å². The van der Waals surface area contributed by atoms with Crippen LogP contribution in [0.2, 0.25) is 0 Å². The first-order valence-electron chi connectivity index (χ1n) is 12.1. The zero-order chi connectivity index (χ0) is 22.5. The highest BCUT2D eigenvalue weighted by molar-refractivity contribution is 6.20. The monoisotopic (exact) mass is 444 g/mol. The van der Waals surface area contributed by atoms with Crippen LogP contribution >= 0.6 is 11.6 Å². The molecular weight excluding hydrogens is 404 g/mol. The van der Waals surface area contributed by atoms with E-state index in [9.17, 15) is 0 Å². The zero-order valence-corrected chi connectivity index (χ0v) is 20.7. The Kier molecular flexibility index (Phi) is 11.9. The maximum atomic E-state index is 6.56. The van der Waals surface area contributed by atoms with Gasteiger partial charge in [-0.2, -0.15) is 0 Å². The van der Waals surface area contributed by atoms with Gasteiger partial charge in [-0.15, -0.1) is 11.6 Å². The minimum absolute atomic E-state index is 0.0429. The summed E-state index contributed by atoms with van der Waals surface area (Å²) in [6, 6.07) is 16.6. The van der Waals surface area contributed by atoms with E-state index in [0.717, 1.165) is 36.9 Å². The van der Waals surface area contributed by atoms with Gasteiger partial charge in [0.2, 0.25) is 0 Å². The van der Waals surface area contributed by atoms with Crippen molar-refractivity contribution >= 4 is 11.6 Å². The predicted octanol–water partition coefficient (Wildman–Crippen LogP) is 8.76. The fraction of sp³-hybridized carbons (Fsp3) is 0.571. The number of halogens is 1. The van der Waals surface area contributed by atoms with Crippen molar-refractivity contribution in [3.63, 3.8) is 0 Å². The molecule has 0 spiro atoms. The SMILES string of the molecule is CCCCCCOc1ccc(-c2ccc(OCC(Cl)C(C)CCCC(C)C)cc2)cc1. The van der Waals surface area contributed by atoms with Crippen LogP contribution in [0.25, 0.3) is 11.1 Å². The summed E-state index contributed by atoms with van der Waals surface area (Å²) in [7, 11) is 0. The Hall–Kier alpha value is -1.67. The summed E-state index contributed by atoms with van der Waals surface area (Å²) in [6.07, 6.45) is 8.56. The molecule has 2 rings (SSSR count). The molecule has 0 heterocycles. The average molecular weight is 445 g/mol. The van der Waals surface area contributed by atoms with E-state index in [1.165, 1.54) is 43.2 Å². The molecule has 0 aliphatic heterocycles. The van der Waals surface area contributed by atoms with E-state index in [-0.39, 0.29) is 5.38 Å². The topological polar surface area (TPSA) is 18.5 Å². The minimum Gasteiger partial charge on any atom is -0.494 e. The Morgan fingerprint density at radius 3 is 1.84 bits per heavy atom. The molecule has 0 aromatic heterocycles. The summed E-state index contributed by atoms with van der Waals surface area (Å²) in [5.41, 5.74) is 2.35. The lowest BCUT2D eigenvalue weighted by Gasteiger charge is -2.19. The van der Waals surface area contributed by atoms with Crippen LogP contribution in [0.5, 0.6) is 11.5 Å². The molecule has 0 fully saturated rings. The standard InChI is InChI=1S/C28H41ClO2/c1-5-6-7-8-20-30-26-16-12-24(13-17-26)25-14-18-27(19-15-25)31-21-28(29)23(4)11-9-10-22(2)3/h12-19,22-23,28H,5-11,20-21H2,1-4H3. The number of alkyl halides is 1. The summed E-state index contributed by atoms with van der Waals surface area (Å²) < 4.78 is 11.8. The van der Waals surface area contributed by atoms with Gasteiger partial charge in [0, 0.05) is 0 Å². The number of ether oxygens (including phenoxy) is 2. The Bertz CT molecular complexity index is 709. The van der Waals surface area contributed by atoms with Gasteiger partial charge >= 0.3 is 0 Å². The third kappa shape index (κ3) is 9.99. The largest absolute Gasteiger partial charge is 0.494 e. The van der Waals surface area contributed by atoms with Gasteiger partial charge in [-0.3, -0.25) is 0 Å². The fourth-order valence-corrected chi connectivity index (χ4v) is 3.76. The summed E-state index contributed by atoms with van der Waals surface area (Å²) in [6.45, 7) is 10.3. The van der Waals surface area contributed by atoms with Gasteiger partial charge < -0.3 is 9.47 Å². The highest BCUT2D eigenvalue weighted by Gasteiger charge is 2.15. The zero-order valence-electron chi connectivity index (χ0n) is 19.9. The summed E-state index contributed by atoms with van der Waals surface area (Å²) >= 11 is 6.56. The summed E-state index contributed by atoms with van der Waals surface area (Å²) in [4.78, 5) is 0. The van der Waals surface area contributed by atoms with Crippen molar-refractivity contribution in [3.8, 4) is 22.6 Å². The lowest BCUT2D eigenvalue weighted by Crippen LogP contribution is -2.20. The van der Waals surface area contributed by atoms with E-state index < -0.39 is 0 Å². The molecule has 0 aliphatic rings. The predicted molar refractivity (Wildman–Crippen MR) is 135 cm³/mol. The van der Waals surface area contributed by atoms with Crippen molar-refractivity contribution in [2.45, 2.75) is 78.0 Å². The molecule has 172 valence electrons. The van der Waals surface area contributed by atoms with Crippen molar-refractivity contribution in [3.05, 3.63) is 48.5 Å². The first-order valence-corrected chi connectivity index (χ1v) is 12.5. The molecule has 31 heavy (non-hydrogen) atoms. The third-order valence-corrected chi connectivity index (χ3v) is 6.33. The molecule has 2 atom stereocenters. The fourth-order valence-electron chi connectivity index (χ4n) is 3.58. The molecule has 0 radical (unpaired) electrons. The first kappa shape index (κ1) is 25.6. The molecule has 2 aromatic carbocycles. The second kappa shape index (κ2) is 14.4. The highest BCUT2D eigenvalue weighted by Crippen LogP contribution is 2.26. The van der Waals surface area contributed by atoms with E-state index in [1.54, 1.807) is 0 Å². The molecule has 3 heteroatoms. The van der Waals surface area contributed by atoms with Crippen LogP contribution in [0.15, 0.2) is 48.5 Å². The number of benzene rings is 2. The van der Waals surface area contributed by atoms with Crippen molar-refractivity contribution in [1.82, 2.24) is 0 Å². The van der Waals surface area contributed by atoms with Gasteiger partial charge in [-0.1, -0.05) is 84.1 Å². The Morgan fingerprint density at radius 2 is 1.29 bits per heavy atom. The van der Waals surface area contributed by atoms with Crippen LogP contribution in [0.3, 0.4) is 0 Å². The van der Waals surface area contributed by atoms with E-state index in [4.69, 9.17) is 21.1 Å². The molecular formula is C28H41ClO2. The van der Waals surface area contributed by atoms with E-state index >= 15 is 0 Å². The summed E-state index contributed by atoms with van der Waals surface area (Å²) in [5.74, 6) is 3.04.